The van der Waals surface area contributed by atoms with Gasteiger partial charge in [-0.2, -0.15) is 4.98 Å². The van der Waals surface area contributed by atoms with Crippen LogP contribution in [0.5, 0.6) is 0 Å². The summed E-state index contributed by atoms with van der Waals surface area (Å²) in [6.45, 7) is 1.91. The minimum absolute atomic E-state index is 0.312. The van der Waals surface area contributed by atoms with E-state index in [1.54, 1.807) is 24.4 Å². The summed E-state index contributed by atoms with van der Waals surface area (Å²) in [6, 6.07) is 6.52. The van der Waals surface area contributed by atoms with Crippen LogP contribution in [0.25, 0.3) is 11.1 Å². The Balaban J connectivity index is 1.93. The maximum absolute atomic E-state index is 13.8. The van der Waals surface area contributed by atoms with Crippen molar-refractivity contribution in [2.24, 2.45) is 0 Å². The molecule has 20 heavy (non-hydrogen) atoms. The van der Waals surface area contributed by atoms with Crippen molar-refractivity contribution in [3.05, 3.63) is 36.3 Å². The lowest BCUT2D eigenvalue weighted by Crippen LogP contribution is -2.31. The number of rotatable bonds is 2. The number of hydrogen-bond acceptors (Lipinski definition) is 4. The number of halogens is 1. The summed E-state index contributed by atoms with van der Waals surface area (Å²) in [6.07, 6.45) is 5.17. The Morgan fingerprint density at radius 1 is 1.05 bits per heavy atom. The van der Waals surface area contributed by atoms with E-state index in [0.717, 1.165) is 25.9 Å². The predicted molar refractivity (Wildman–Crippen MR) is 77.9 cm³/mol. The highest BCUT2D eigenvalue weighted by Gasteiger charge is 2.16. The van der Waals surface area contributed by atoms with Gasteiger partial charge in [-0.1, -0.05) is 18.2 Å². The van der Waals surface area contributed by atoms with Gasteiger partial charge in [0.2, 0.25) is 5.95 Å². The molecule has 2 aromatic rings. The summed E-state index contributed by atoms with van der Waals surface area (Å²) in [5.41, 5.74) is 6.97. The molecule has 5 heteroatoms. The average Bonchev–Trinajstić information content (AvgIpc) is 2.49. The van der Waals surface area contributed by atoms with Gasteiger partial charge in [0.15, 0.2) is 0 Å². The number of nitrogens with zero attached hydrogens (tertiary/aromatic N) is 3. The predicted octanol–water partition coefficient (Wildman–Crippen LogP) is 2.86. The molecule has 0 amide bonds. The van der Waals surface area contributed by atoms with Crippen molar-refractivity contribution in [1.82, 2.24) is 9.97 Å². The van der Waals surface area contributed by atoms with Crippen LogP contribution in [0, 0.1) is 5.82 Å². The van der Waals surface area contributed by atoms with Crippen molar-refractivity contribution in [2.75, 3.05) is 23.7 Å². The summed E-state index contributed by atoms with van der Waals surface area (Å²) >= 11 is 0. The summed E-state index contributed by atoms with van der Waals surface area (Å²) < 4.78 is 13.8. The lowest BCUT2D eigenvalue weighted by Gasteiger charge is -2.26. The van der Waals surface area contributed by atoms with E-state index >= 15 is 0 Å². The van der Waals surface area contributed by atoms with E-state index in [1.165, 1.54) is 12.5 Å². The van der Waals surface area contributed by atoms with Crippen LogP contribution in [0.4, 0.5) is 16.2 Å². The van der Waals surface area contributed by atoms with Crippen LogP contribution in [-0.2, 0) is 0 Å². The van der Waals surface area contributed by atoms with Gasteiger partial charge in [0, 0.05) is 30.4 Å². The second-order valence-electron chi connectivity index (χ2n) is 5.00. The minimum atomic E-state index is -0.312. The van der Waals surface area contributed by atoms with Gasteiger partial charge >= 0.3 is 0 Å². The molecule has 1 aromatic carbocycles. The highest BCUT2D eigenvalue weighted by atomic mass is 19.1. The molecule has 104 valence electrons. The van der Waals surface area contributed by atoms with Gasteiger partial charge in [0.25, 0.3) is 0 Å². The number of piperidine rings is 1. The zero-order chi connectivity index (χ0) is 13.9. The van der Waals surface area contributed by atoms with Crippen LogP contribution in [0.1, 0.15) is 19.3 Å². The summed E-state index contributed by atoms with van der Waals surface area (Å²) in [5.74, 6) is 0.654. The van der Waals surface area contributed by atoms with Crippen molar-refractivity contribution in [3.8, 4) is 11.1 Å². The fourth-order valence-corrected chi connectivity index (χ4v) is 2.52. The number of nitrogens with two attached hydrogens (primary N) is 1. The Kier molecular flexibility index (Phi) is 3.50. The zero-order valence-corrected chi connectivity index (χ0v) is 11.2. The van der Waals surface area contributed by atoms with Crippen LogP contribution < -0.4 is 10.6 Å². The normalized spacial score (nSPS) is 15.3. The first kappa shape index (κ1) is 12.8. The molecule has 3 rings (SSSR count). The molecule has 2 N–H and O–H groups in total. The summed E-state index contributed by atoms with van der Waals surface area (Å²) in [4.78, 5) is 10.8. The third kappa shape index (κ3) is 2.43. The lowest BCUT2D eigenvalue weighted by molar-refractivity contribution is 0.568. The number of nitrogen functional groups attached to an aromatic ring is 1. The molecule has 0 unspecified atom stereocenters. The molecule has 0 atom stereocenters. The van der Waals surface area contributed by atoms with E-state index in [4.69, 9.17) is 5.73 Å². The first-order valence-corrected chi connectivity index (χ1v) is 6.88. The lowest BCUT2D eigenvalue weighted by atomic mass is 10.1. The van der Waals surface area contributed by atoms with Crippen molar-refractivity contribution in [2.45, 2.75) is 19.3 Å². The Labute approximate surface area is 117 Å². The largest absolute Gasteiger partial charge is 0.383 e. The minimum Gasteiger partial charge on any atom is -0.383 e. The molecule has 0 radical (unpaired) electrons. The Morgan fingerprint density at radius 3 is 2.50 bits per heavy atom. The molecule has 4 nitrogen and oxygen atoms in total. The number of aromatic nitrogens is 2. The van der Waals surface area contributed by atoms with Gasteiger partial charge in [0.05, 0.1) is 0 Å². The van der Waals surface area contributed by atoms with Gasteiger partial charge in [-0.25, -0.2) is 9.37 Å². The smallest absolute Gasteiger partial charge is 0.227 e. The van der Waals surface area contributed by atoms with Crippen molar-refractivity contribution in [3.63, 3.8) is 0 Å². The monoisotopic (exact) mass is 272 g/mol. The van der Waals surface area contributed by atoms with Gasteiger partial charge in [-0.15, -0.1) is 0 Å². The quantitative estimate of drug-likeness (QED) is 0.913. The number of benzene rings is 1. The van der Waals surface area contributed by atoms with Crippen LogP contribution >= 0.6 is 0 Å². The van der Waals surface area contributed by atoms with Gasteiger partial charge in [0.1, 0.15) is 11.6 Å². The first-order valence-electron chi connectivity index (χ1n) is 6.88. The Morgan fingerprint density at radius 2 is 1.80 bits per heavy atom. The first-order chi connectivity index (χ1) is 9.75. The van der Waals surface area contributed by atoms with Crippen molar-refractivity contribution in [1.29, 1.82) is 0 Å². The van der Waals surface area contributed by atoms with Crippen LogP contribution in [0.2, 0.25) is 0 Å². The second-order valence-corrected chi connectivity index (χ2v) is 5.00. The number of anilines is 2. The van der Waals surface area contributed by atoms with Gasteiger partial charge < -0.3 is 10.6 Å². The van der Waals surface area contributed by atoms with Crippen LogP contribution in [0.15, 0.2) is 30.5 Å². The van der Waals surface area contributed by atoms with E-state index < -0.39 is 0 Å². The second kappa shape index (κ2) is 5.45. The maximum atomic E-state index is 13.8. The SMILES string of the molecule is Nc1nc(N2CCCCC2)ncc1-c1ccccc1F. The molecule has 1 aliphatic rings. The summed E-state index contributed by atoms with van der Waals surface area (Å²) in [7, 11) is 0. The van der Waals surface area contributed by atoms with E-state index in [2.05, 4.69) is 14.9 Å². The van der Waals surface area contributed by atoms with Crippen molar-refractivity contribution < 1.29 is 4.39 Å². The van der Waals surface area contributed by atoms with E-state index in [-0.39, 0.29) is 5.82 Å². The van der Waals surface area contributed by atoms with E-state index in [1.807, 2.05) is 0 Å². The van der Waals surface area contributed by atoms with Gasteiger partial charge in [-0.05, 0) is 25.3 Å². The Bertz CT molecular complexity index is 609. The molecule has 0 saturated carbocycles. The fourth-order valence-electron chi connectivity index (χ4n) is 2.52. The third-order valence-corrected chi connectivity index (χ3v) is 3.61. The van der Waals surface area contributed by atoms with E-state index in [0.29, 0.717) is 22.9 Å². The van der Waals surface area contributed by atoms with Crippen molar-refractivity contribution >= 4 is 11.8 Å². The average molecular weight is 272 g/mol. The van der Waals surface area contributed by atoms with Crippen LogP contribution in [0.3, 0.4) is 0 Å². The standard InChI is InChI=1S/C15H17FN4/c16-13-7-3-2-6-11(13)12-10-18-15(19-14(12)17)20-8-4-1-5-9-20/h2-3,6-7,10H,1,4-5,8-9H2,(H2,17,18,19). The molecular weight excluding hydrogens is 255 g/mol. The zero-order valence-electron chi connectivity index (χ0n) is 11.2. The van der Waals surface area contributed by atoms with E-state index in [9.17, 15) is 4.39 Å². The maximum Gasteiger partial charge on any atom is 0.227 e. The molecule has 1 fully saturated rings. The molecule has 0 aliphatic carbocycles. The molecule has 0 spiro atoms. The van der Waals surface area contributed by atoms with Crippen LogP contribution in [-0.4, -0.2) is 23.1 Å². The molecule has 2 heterocycles. The molecular formula is C15H17FN4. The fraction of sp³-hybridized carbons (Fsp3) is 0.333. The summed E-state index contributed by atoms with van der Waals surface area (Å²) in [5, 5.41) is 0. The highest BCUT2D eigenvalue weighted by Crippen LogP contribution is 2.28. The molecule has 1 saturated heterocycles. The molecule has 1 aliphatic heterocycles. The number of hydrogen-bond donors (Lipinski definition) is 1. The molecule has 1 aromatic heterocycles. The molecule has 0 bridgehead atoms. The van der Waals surface area contributed by atoms with Gasteiger partial charge in [-0.3, -0.25) is 0 Å². The Hall–Kier alpha value is -2.17. The topological polar surface area (TPSA) is 55.0 Å². The third-order valence-electron chi connectivity index (χ3n) is 3.61. The highest BCUT2D eigenvalue weighted by molar-refractivity contribution is 5.74.